The molecule has 32 heavy (non-hydrogen) atoms. The Kier molecular flexibility index (Phi) is 6.98. The van der Waals surface area contributed by atoms with E-state index in [1.54, 1.807) is 12.1 Å². The zero-order valence-corrected chi connectivity index (χ0v) is 18.0. The lowest BCUT2D eigenvalue weighted by molar-refractivity contribution is -0.127. The van der Waals surface area contributed by atoms with E-state index in [0.29, 0.717) is 40.6 Å². The maximum absolute atomic E-state index is 13.7. The van der Waals surface area contributed by atoms with E-state index in [1.165, 1.54) is 27.4 Å². The van der Waals surface area contributed by atoms with Crippen molar-refractivity contribution in [2.24, 2.45) is 0 Å². The molecule has 0 atom stereocenters. The number of nitrogens with zero attached hydrogens (tertiary/aromatic N) is 1. The Labute approximate surface area is 186 Å². The van der Waals surface area contributed by atoms with Gasteiger partial charge in [0.1, 0.15) is 23.9 Å². The van der Waals surface area contributed by atoms with Crippen LogP contribution < -0.4 is 19.5 Å². The molecule has 1 aliphatic rings. The van der Waals surface area contributed by atoms with E-state index in [2.05, 4.69) is 5.32 Å². The highest BCUT2D eigenvalue weighted by Crippen LogP contribution is 2.38. The maximum atomic E-state index is 13.7. The van der Waals surface area contributed by atoms with Gasteiger partial charge in [0.25, 0.3) is 11.1 Å². The summed E-state index contributed by atoms with van der Waals surface area (Å²) in [4.78, 5) is 38.0. The number of imide groups is 1. The minimum atomic E-state index is -0.979. The van der Waals surface area contributed by atoms with Crippen LogP contribution in [0.4, 0.5) is 19.3 Å². The van der Waals surface area contributed by atoms with Crippen LogP contribution in [0.25, 0.3) is 6.08 Å². The fourth-order valence-electron chi connectivity index (χ4n) is 2.87. The molecule has 2 aromatic rings. The van der Waals surface area contributed by atoms with Gasteiger partial charge in [-0.05, 0) is 36.0 Å². The summed E-state index contributed by atoms with van der Waals surface area (Å²) in [6.45, 7) is -0.637. The second kappa shape index (κ2) is 9.69. The summed E-state index contributed by atoms with van der Waals surface area (Å²) >= 11 is 0.640. The van der Waals surface area contributed by atoms with Gasteiger partial charge in [-0.2, -0.15) is 0 Å². The van der Waals surface area contributed by atoms with Crippen molar-refractivity contribution in [3.05, 3.63) is 52.4 Å². The number of carbonyl (C=O) groups is 3. The molecule has 1 N–H and O–H groups in total. The summed E-state index contributed by atoms with van der Waals surface area (Å²) in [5.74, 6) is -2.12. The van der Waals surface area contributed by atoms with Crippen LogP contribution in [-0.2, 0) is 9.59 Å². The minimum Gasteiger partial charge on any atom is -0.496 e. The average molecular weight is 464 g/mol. The van der Waals surface area contributed by atoms with Gasteiger partial charge in [-0.25, -0.2) is 8.78 Å². The number of ether oxygens (including phenoxy) is 3. The molecule has 0 saturated carbocycles. The van der Waals surface area contributed by atoms with E-state index in [9.17, 15) is 23.2 Å². The number of halogens is 2. The van der Waals surface area contributed by atoms with Crippen molar-refractivity contribution in [1.29, 1.82) is 0 Å². The standard InChI is InChI=1S/C21H18F2N2O6S/c1-29-15-9-17(31-3)16(30-2)6-11(15)7-18-20(27)25(21(28)32-18)10-19(26)24-14-5-4-12(22)8-13(14)23/h4-9H,10H2,1-3H3,(H,24,26)/b18-7+. The van der Waals surface area contributed by atoms with Crippen LogP contribution >= 0.6 is 11.8 Å². The number of benzene rings is 2. The zero-order chi connectivity index (χ0) is 23.4. The molecule has 1 aliphatic heterocycles. The lowest BCUT2D eigenvalue weighted by Crippen LogP contribution is -2.36. The van der Waals surface area contributed by atoms with Crippen molar-refractivity contribution in [3.63, 3.8) is 0 Å². The largest absolute Gasteiger partial charge is 0.496 e. The van der Waals surface area contributed by atoms with Crippen LogP contribution in [0.2, 0.25) is 0 Å². The molecule has 0 unspecified atom stereocenters. The molecular formula is C21H18F2N2O6S. The van der Waals surface area contributed by atoms with Gasteiger partial charge < -0.3 is 19.5 Å². The lowest BCUT2D eigenvalue weighted by atomic mass is 10.1. The van der Waals surface area contributed by atoms with Gasteiger partial charge in [0.2, 0.25) is 5.91 Å². The summed E-state index contributed by atoms with van der Waals surface area (Å²) in [5, 5.41) is 1.54. The quantitative estimate of drug-likeness (QED) is 0.625. The second-order valence-electron chi connectivity index (χ2n) is 6.39. The summed E-state index contributed by atoms with van der Waals surface area (Å²) in [5.41, 5.74) is 0.183. The molecular weight excluding hydrogens is 446 g/mol. The smallest absolute Gasteiger partial charge is 0.294 e. The molecule has 0 bridgehead atoms. The Hall–Kier alpha value is -3.60. The van der Waals surface area contributed by atoms with Crippen LogP contribution in [0.5, 0.6) is 17.2 Å². The van der Waals surface area contributed by atoms with Crippen LogP contribution in [0.3, 0.4) is 0 Å². The summed E-state index contributed by atoms with van der Waals surface area (Å²) in [6.07, 6.45) is 1.43. The molecule has 8 nitrogen and oxygen atoms in total. The molecule has 1 heterocycles. The molecule has 11 heteroatoms. The molecule has 0 aliphatic carbocycles. The van der Waals surface area contributed by atoms with Crippen LogP contribution in [-0.4, -0.2) is 49.8 Å². The first-order chi connectivity index (χ1) is 15.3. The maximum Gasteiger partial charge on any atom is 0.294 e. The normalized spacial score (nSPS) is 14.7. The molecule has 1 fully saturated rings. The van der Waals surface area contributed by atoms with E-state index < -0.39 is 35.2 Å². The number of nitrogens with one attached hydrogen (secondary N) is 1. The van der Waals surface area contributed by atoms with Crippen molar-refractivity contribution >= 4 is 40.6 Å². The van der Waals surface area contributed by atoms with Gasteiger partial charge in [-0.15, -0.1) is 0 Å². The highest BCUT2D eigenvalue weighted by molar-refractivity contribution is 8.18. The number of anilines is 1. The number of hydrogen-bond donors (Lipinski definition) is 1. The molecule has 3 rings (SSSR count). The van der Waals surface area contributed by atoms with Crippen LogP contribution in [0, 0.1) is 11.6 Å². The highest BCUT2D eigenvalue weighted by Gasteiger charge is 2.36. The molecule has 1 saturated heterocycles. The third-order valence-electron chi connectivity index (χ3n) is 4.40. The van der Waals surface area contributed by atoms with Crippen molar-refractivity contribution in [3.8, 4) is 17.2 Å². The summed E-state index contributed by atoms with van der Waals surface area (Å²) in [7, 11) is 4.35. The predicted molar refractivity (Wildman–Crippen MR) is 114 cm³/mol. The number of rotatable bonds is 7. The van der Waals surface area contributed by atoms with E-state index in [0.717, 1.165) is 17.0 Å². The first-order valence-electron chi connectivity index (χ1n) is 9.07. The Balaban J connectivity index is 1.80. The number of hydrogen-bond acceptors (Lipinski definition) is 7. The van der Waals surface area contributed by atoms with E-state index >= 15 is 0 Å². The van der Waals surface area contributed by atoms with E-state index in [1.807, 2.05) is 0 Å². The molecule has 0 radical (unpaired) electrons. The van der Waals surface area contributed by atoms with Crippen LogP contribution in [0.1, 0.15) is 5.56 Å². The van der Waals surface area contributed by atoms with E-state index in [4.69, 9.17) is 14.2 Å². The van der Waals surface area contributed by atoms with Gasteiger partial charge in [0.05, 0.1) is 31.9 Å². The SMILES string of the molecule is COc1cc(OC)c(OC)cc1/C=C1/SC(=O)N(CC(=O)Nc2ccc(F)cc2F)C1=O. The highest BCUT2D eigenvalue weighted by atomic mass is 32.2. The van der Waals surface area contributed by atoms with Crippen molar-refractivity contribution in [2.75, 3.05) is 33.2 Å². The average Bonchev–Trinajstić information content (AvgIpc) is 3.02. The minimum absolute atomic E-state index is 0.0567. The number of thioether (sulfide) groups is 1. The number of carbonyl (C=O) groups excluding carboxylic acids is 3. The zero-order valence-electron chi connectivity index (χ0n) is 17.2. The topological polar surface area (TPSA) is 94.2 Å². The molecule has 168 valence electrons. The Morgan fingerprint density at radius 1 is 1.03 bits per heavy atom. The van der Waals surface area contributed by atoms with Gasteiger partial charge in [-0.3, -0.25) is 19.3 Å². The fraction of sp³-hybridized carbons (Fsp3) is 0.190. The van der Waals surface area contributed by atoms with Crippen molar-refractivity contribution in [2.45, 2.75) is 0 Å². The first-order valence-corrected chi connectivity index (χ1v) is 9.89. The monoisotopic (exact) mass is 464 g/mol. The van der Waals surface area contributed by atoms with Crippen molar-refractivity contribution < 1.29 is 37.4 Å². The van der Waals surface area contributed by atoms with Gasteiger partial charge in [-0.1, -0.05) is 0 Å². The third-order valence-corrected chi connectivity index (χ3v) is 5.31. The number of amides is 3. The predicted octanol–water partition coefficient (Wildman–Crippen LogP) is 3.67. The van der Waals surface area contributed by atoms with Crippen LogP contribution in [0.15, 0.2) is 35.2 Å². The third kappa shape index (κ3) is 4.83. The Bertz CT molecular complexity index is 1120. The lowest BCUT2D eigenvalue weighted by Gasteiger charge is -2.13. The molecule has 0 aromatic heterocycles. The van der Waals surface area contributed by atoms with Gasteiger partial charge in [0.15, 0.2) is 11.5 Å². The Morgan fingerprint density at radius 2 is 1.69 bits per heavy atom. The fourth-order valence-corrected chi connectivity index (χ4v) is 3.70. The second-order valence-corrected chi connectivity index (χ2v) is 7.38. The first kappa shape index (κ1) is 23.1. The molecule has 2 aromatic carbocycles. The molecule has 0 spiro atoms. The summed E-state index contributed by atoms with van der Waals surface area (Å²) in [6, 6.07) is 5.77. The van der Waals surface area contributed by atoms with E-state index in [-0.39, 0.29) is 10.6 Å². The molecule has 3 amide bonds. The number of methoxy groups -OCH3 is 3. The summed E-state index contributed by atoms with van der Waals surface area (Å²) < 4.78 is 42.5. The van der Waals surface area contributed by atoms with Crippen molar-refractivity contribution in [1.82, 2.24) is 4.90 Å². The van der Waals surface area contributed by atoms with Gasteiger partial charge >= 0.3 is 0 Å². The Morgan fingerprint density at radius 3 is 2.31 bits per heavy atom. The van der Waals surface area contributed by atoms with Gasteiger partial charge in [0, 0.05) is 17.7 Å².